The lowest BCUT2D eigenvalue weighted by Gasteiger charge is -2.46. The van der Waals surface area contributed by atoms with Gasteiger partial charge in [-0.2, -0.15) is 0 Å². The fourth-order valence-electron chi connectivity index (χ4n) is 3.53. The summed E-state index contributed by atoms with van der Waals surface area (Å²) in [7, 11) is 4.02. The SMILES string of the molecule is CCC1C(C)C(C(=O)O)CCC12CCSS2. The van der Waals surface area contributed by atoms with E-state index in [4.69, 9.17) is 0 Å². The van der Waals surface area contributed by atoms with Crippen LogP contribution in [0.15, 0.2) is 0 Å². The Kier molecular flexibility index (Phi) is 3.79. The van der Waals surface area contributed by atoms with Crippen LogP contribution in [0.4, 0.5) is 0 Å². The number of hydrogen-bond donors (Lipinski definition) is 1. The fourth-order valence-corrected chi connectivity index (χ4v) is 7.39. The normalized spacial score (nSPS) is 43.8. The maximum Gasteiger partial charge on any atom is 0.306 e. The molecule has 2 nitrogen and oxygen atoms in total. The molecule has 16 heavy (non-hydrogen) atoms. The molecule has 1 heterocycles. The molecule has 4 unspecified atom stereocenters. The van der Waals surface area contributed by atoms with Crippen molar-refractivity contribution in [2.45, 2.75) is 44.3 Å². The summed E-state index contributed by atoms with van der Waals surface area (Å²) in [5, 5.41) is 9.24. The van der Waals surface area contributed by atoms with E-state index in [-0.39, 0.29) is 5.92 Å². The molecule has 0 aromatic heterocycles. The van der Waals surface area contributed by atoms with Crippen LogP contribution >= 0.6 is 21.6 Å². The van der Waals surface area contributed by atoms with Gasteiger partial charge in [0, 0.05) is 10.5 Å². The van der Waals surface area contributed by atoms with Crippen molar-refractivity contribution < 1.29 is 9.90 Å². The summed E-state index contributed by atoms with van der Waals surface area (Å²) in [5.41, 5.74) is 0. The number of rotatable bonds is 2. The average Bonchev–Trinajstić information content (AvgIpc) is 2.67. The lowest BCUT2D eigenvalue weighted by Crippen LogP contribution is -2.45. The molecule has 4 heteroatoms. The molecule has 2 aliphatic rings. The Balaban J connectivity index is 2.18. The fraction of sp³-hybridized carbons (Fsp3) is 0.917. The molecular formula is C12H20O2S2. The van der Waals surface area contributed by atoms with Crippen molar-refractivity contribution in [2.75, 3.05) is 5.75 Å². The van der Waals surface area contributed by atoms with Gasteiger partial charge in [0.2, 0.25) is 0 Å². The minimum absolute atomic E-state index is 0.109. The van der Waals surface area contributed by atoms with Crippen molar-refractivity contribution in [1.29, 1.82) is 0 Å². The molecule has 0 bridgehead atoms. The van der Waals surface area contributed by atoms with E-state index < -0.39 is 5.97 Å². The monoisotopic (exact) mass is 260 g/mol. The van der Waals surface area contributed by atoms with E-state index in [1.165, 1.54) is 12.2 Å². The van der Waals surface area contributed by atoms with Gasteiger partial charge in [-0.3, -0.25) is 4.79 Å². The second-order valence-electron chi connectivity index (χ2n) is 5.08. The van der Waals surface area contributed by atoms with Crippen molar-refractivity contribution in [3.05, 3.63) is 0 Å². The molecule has 1 aliphatic carbocycles. The first-order chi connectivity index (χ1) is 7.60. The van der Waals surface area contributed by atoms with Crippen molar-refractivity contribution >= 4 is 27.6 Å². The zero-order valence-electron chi connectivity index (χ0n) is 9.94. The molecule has 2 fully saturated rings. The van der Waals surface area contributed by atoms with Crippen LogP contribution in [0, 0.1) is 17.8 Å². The van der Waals surface area contributed by atoms with E-state index >= 15 is 0 Å². The van der Waals surface area contributed by atoms with Crippen LogP contribution in [0.25, 0.3) is 0 Å². The van der Waals surface area contributed by atoms with Crippen molar-refractivity contribution in [2.24, 2.45) is 17.8 Å². The highest BCUT2D eigenvalue weighted by Crippen LogP contribution is 2.59. The summed E-state index contributed by atoms with van der Waals surface area (Å²) in [4.78, 5) is 11.2. The van der Waals surface area contributed by atoms with Gasteiger partial charge < -0.3 is 5.11 Å². The molecular weight excluding hydrogens is 240 g/mol. The third-order valence-corrected chi connectivity index (χ3v) is 7.80. The molecule has 0 radical (unpaired) electrons. The standard InChI is InChI=1S/C12H20O2S2/c1-3-10-8(2)9(11(13)14)4-5-12(10)6-7-15-16-12/h8-10H,3-7H2,1-2H3,(H,13,14). The number of hydrogen-bond acceptors (Lipinski definition) is 3. The molecule has 92 valence electrons. The molecule has 1 aliphatic heterocycles. The van der Waals surface area contributed by atoms with Crippen LogP contribution in [0.2, 0.25) is 0 Å². The van der Waals surface area contributed by atoms with E-state index in [0.29, 0.717) is 16.6 Å². The van der Waals surface area contributed by atoms with Crippen LogP contribution in [0.5, 0.6) is 0 Å². The number of aliphatic carboxylic acids is 1. The Morgan fingerprint density at radius 1 is 1.50 bits per heavy atom. The van der Waals surface area contributed by atoms with Crippen LogP contribution in [-0.2, 0) is 4.79 Å². The van der Waals surface area contributed by atoms with Gasteiger partial charge in [-0.25, -0.2) is 0 Å². The summed E-state index contributed by atoms with van der Waals surface area (Å²) < 4.78 is 0.394. The molecule has 2 rings (SSSR count). The van der Waals surface area contributed by atoms with Gasteiger partial charge >= 0.3 is 5.97 Å². The summed E-state index contributed by atoms with van der Waals surface area (Å²) >= 11 is 0. The van der Waals surface area contributed by atoms with Crippen molar-refractivity contribution in [3.63, 3.8) is 0 Å². The summed E-state index contributed by atoms with van der Waals surface area (Å²) in [6.07, 6.45) is 4.38. The van der Waals surface area contributed by atoms with Gasteiger partial charge in [-0.1, -0.05) is 41.9 Å². The van der Waals surface area contributed by atoms with Gasteiger partial charge in [-0.05, 0) is 31.1 Å². The third-order valence-electron chi connectivity index (χ3n) is 4.41. The minimum atomic E-state index is -0.587. The lowest BCUT2D eigenvalue weighted by atomic mass is 9.65. The van der Waals surface area contributed by atoms with Gasteiger partial charge in [-0.15, -0.1) is 0 Å². The van der Waals surface area contributed by atoms with Gasteiger partial charge in [0.1, 0.15) is 0 Å². The van der Waals surface area contributed by atoms with Crippen LogP contribution < -0.4 is 0 Å². The molecule has 1 N–H and O–H groups in total. The lowest BCUT2D eigenvalue weighted by molar-refractivity contribution is -0.146. The summed E-state index contributed by atoms with van der Waals surface area (Å²) in [5.74, 6) is 1.47. The first kappa shape index (κ1) is 12.6. The summed E-state index contributed by atoms with van der Waals surface area (Å²) in [6.45, 7) is 4.37. The van der Waals surface area contributed by atoms with E-state index in [9.17, 15) is 9.90 Å². The maximum absolute atomic E-state index is 11.2. The Hall–Kier alpha value is 0.170. The predicted molar refractivity (Wildman–Crippen MR) is 70.7 cm³/mol. The van der Waals surface area contributed by atoms with E-state index in [0.717, 1.165) is 19.3 Å². The van der Waals surface area contributed by atoms with Crippen LogP contribution in [0.1, 0.15) is 39.5 Å². The van der Waals surface area contributed by atoms with E-state index in [1.54, 1.807) is 0 Å². The minimum Gasteiger partial charge on any atom is -0.481 e. The molecule has 4 atom stereocenters. The van der Waals surface area contributed by atoms with Crippen LogP contribution in [-0.4, -0.2) is 21.6 Å². The number of carboxylic acids is 1. The highest BCUT2D eigenvalue weighted by Gasteiger charge is 2.50. The topological polar surface area (TPSA) is 37.3 Å². The average molecular weight is 260 g/mol. The molecule has 0 aromatic rings. The second kappa shape index (κ2) is 4.81. The predicted octanol–water partition coefficient (Wildman–Crippen LogP) is 3.67. The zero-order valence-corrected chi connectivity index (χ0v) is 11.6. The first-order valence-corrected chi connectivity index (χ1v) is 8.46. The third kappa shape index (κ3) is 1.99. The second-order valence-corrected chi connectivity index (χ2v) is 7.91. The Bertz CT molecular complexity index is 274. The molecule has 1 saturated heterocycles. The zero-order chi connectivity index (χ0) is 11.8. The van der Waals surface area contributed by atoms with Gasteiger partial charge in [0.25, 0.3) is 0 Å². The van der Waals surface area contributed by atoms with Crippen molar-refractivity contribution in [1.82, 2.24) is 0 Å². The summed E-state index contributed by atoms with van der Waals surface area (Å²) in [6, 6.07) is 0. The first-order valence-electron chi connectivity index (χ1n) is 6.14. The number of carbonyl (C=O) groups is 1. The smallest absolute Gasteiger partial charge is 0.306 e. The Morgan fingerprint density at radius 2 is 2.25 bits per heavy atom. The molecule has 0 amide bonds. The number of carboxylic acid groups (broad SMARTS) is 1. The quantitative estimate of drug-likeness (QED) is 0.769. The maximum atomic E-state index is 11.2. The van der Waals surface area contributed by atoms with Gasteiger partial charge in [0.15, 0.2) is 0 Å². The molecule has 0 aromatic carbocycles. The van der Waals surface area contributed by atoms with Crippen molar-refractivity contribution in [3.8, 4) is 0 Å². The highest BCUT2D eigenvalue weighted by molar-refractivity contribution is 8.77. The molecule has 1 spiro atoms. The van der Waals surface area contributed by atoms with Gasteiger partial charge in [0.05, 0.1) is 5.92 Å². The Morgan fingerprint density at radius 3 is 2.75 bits per heavy atom. The Labute approximate surface area is 105 Å². The van der Waals surface area contributed by atoms with E-state index in [2.05, 4.69) is 13.8 Å². The largest absolute Gasteiger partial charge is 0.481 e. The van der Waals surface area contributed by atoms with E-state index in [1.807, 2.05) is 21.6 Å². The highest BCUT2D eigenvalue weighted by atomic mass is 33.1. The van der Waals surface area contributed by atoms with Crippen LogP contribution in [0.3, 0.4) is 0 Å². The molecule has 1 saturated carbocycles.